The standard InChI is InChI=1S/C23H21F6NO3/c24-22(25,26)17-7-4-8-18(23(27,28)29)19(17)21(32)11-15-9-10-16(12-21)30(15)20(31)33-13-14-5-2-1-3-6-14/h1-8,15-16,32H,9-13H2. The number of benzene rings is 2. The molecule has 2 heterocycles. The minimum Gasteiger partial charge on any atom is -0.445 e. The molecule has 10 heteroatoms. The molecule has 0 aliphatic carbocycles. The Hall–Kier alpha value is -2.75. The molecule has 0 aromatic heterocycles. The monoisotopic (exact) mass is 473 g/mol. The van der Waals surface area contributed by atoms with Gasteiger partial charge >= 0.3 is 18.4 Å². The SMILES string of the molecule is O=C(OCc1ccccc1)N1C2CCC1CC(O)(c1c(C(F)(F)F)cccc1C(F)(F)F)C2. The number of nitrogens with zero attached hydrogens (tertiary/aromatic N) is 1. The molecule has 2 atom stereocenters. The highest BCUT2D eigenvalue weighted by atomic mass is 19.4. The second-order valence-corrected chi connectivity index (χ2v) is 8.50. The lowest BCUT2D eigenvalue weighted by atomic mass is 9.76. The molecular formula is C23H21F6NO3. The minimum atomic E-state index is -5.09. The van der Waals surface area contributed by atoms with Crippen molar-refractivity contribution in [1.82, 2.24) is 4.90 Å². The number of carbonyl (C=O) groups excluding carboxylic acids is 1. The van der Waals surface area contributed by atoms with Gasteiger partial charge in [-0.1, -0.05) is 36.4 Å². The maximum Gasteiger partial charge on any atom is 0.416 e. The van der Waals surface area contributed by atoms with E-state index in [-0.39, 0.29) is 6.61 Å². The molecule has 33 heavy (non-hydrogen) atoms. The van der Waals surface area contributed by atoms with Crippen LogP contribution in [0.15, 0.2) is 48.5 Å². The van der Waals surface area contributed by atoms with Gasteiger partial charge in [0, 0.05) is 30.5 Å². The number of rotatable bonds is 3. The van der Waals surface area contributed by atoms with Crippen LogP contribution in [0, 0.1) is 0 Å². The average Bonchev–Trinajstić information content (AvgIpc) is 3.03. The summed E-state index contributed by atoms with van der Waals surface area (Å²) in [7, 11) is 0. The van der Waals surface area contributed by atoms with Crippen molar-refractivity contribution in [3.63, 3.8) is 0 Å². The van der Waals surface area contributed by atoms with Gasteiger partial charge in [0.1, 0.15) is 6.61 Å². The number of hydrogen-bond acceptors (Lipinski definition) is 3. The van der Waals surface area contributed by atoms with E-state index in [0.29, 0.717) is 31.0 Å². The molecule has 0 spiro atoms. The highest BCUT2D eigenvalue weighted by Crippen LogP contribution is 2.52. The van der Waals surface area contributed by atoms with Crippen molar-refractivity contribution in [2.45, 2.75) is 62.3 Å². The summed E-state index contributed by atoms with van der Waals surface area (Å²) < 4.78 is 87.3. The number of piperidine rings is 1. The van der Waals surface area contributed by atoms with Crippen molar-refractivity contribution in [2.24, 2.45) is 0 Å². The molecule has 2 bridgehead atoms. The highest BCUT2D eigenvalue weighted by molar-refractivity contribution is 5.69. The molecule has 4 nitrogen and oxygen atoms in total. The van der Waals surface area contributed by atoms with Gasteiger partial charge in [0.15, 0.2) is 0 Å². The Labute approximate surface area is 185 Å². The number of carbonyl (C=O) groups is 1. The second kappa shape index (κ2) is 8.23. The third-order valence-corrected chi connectivity index (χ3v) is 6.32. The van der Waals surface area contributed by atoms with Gasteiger partial charge in [-0.05, 0) is 30.5 Å². The summed E-state index contributed by atoms with van der Waals surface area (Å²) >= 11 is 0. The first-order valence-corrected chi connectivity index (χ1v) is 10.4. The molecule has 1 N–H and O–H groups in total. The Morgan fingerprint density at radius 3 is 1.91 bits per heavy atom. The van der Waals surface area contributed by atoms with Crippen LogP contribution in [0.4, 0.5) is 31.1 Å². The summed E-state index contributed by atoms with van der Waals surface area (Å²) in [6, 6.07) is 9.14. The summed E-state index contributed by atoms with van der Waals surface area (Å²) in [5, 5.41) is 11.2. The predicted molar refractivity (Wildman–Crippen MR) is 105 cm³/mol. The fraction of sp³-hybridized carbons (Fsp3) is 0.435. The van der Waals surface area contributed by atoms with E-state index in [4.69, 9.17) is 4.74 Å². The van der Waals surface area contributed by atoms with Crippen molar-refractivity contribution in [3.8, 4) is 0 Å². The van der Waals surface area contributed by atoms with Crippen LogP contribution >= 0.6 is 0 Å². The number of ether oxygens (including phenoxy) is 1. The van der Waals surface area contributed by atoms with Crippen LogP contribution in [0.25, 0.3) is 0 Å². The van der Waals surface area contributed by atoms with Crippen molar-refractivity contribution in [2.75, 3.05) is 0 Å². The van der Waals surface area contributed by atoms with Crippen molar-refractivity contribution in [3.05, 3.63) is 70.8 Å². The molecule has 178 valence electrons. The van der Waals surface area contributed by atoms with E-state index in [9.17, 15) is 36.2 Å². The molecule has 4 rings (SSSR count). The fourth-order valence-corrected chi connectivity index (χ4v) is 5.05. The summed E-state index contributed by atoms with van der Waals surface area (Å²) in [5.74, 6) is 0. The molecule has 2 saturated heterocycles. The van der Waals surface area contributed by atoms with Crippen LogP contribution in [0.5, 0.6) is 0 Å². The van der Waals surface area contributed by atoms with Gasteiger partial charge in [0.25, 0.3) is 0 Å². The quantitative estimate of drug-likeness (QED) is 0.567. The van der Waals surface area contributed by atoms with E-state index in [1.165, 1.54) is 4.90 Å². The van der Waals surface area contributed by atoms with Gasteiger partial charge in [-0.2, -0.15) is 26.3 Å². The van der Waals surface area contributed by atoms with E-state index in [1.807, 2.05) is 0 Å². The summed E-state index contributed by atoms with van der Waals surface area (Å²) in [5.41, 5.74) is -5.85. The smallest absolute Gasteiger partial charge is 0.416 e. The third kappa shape index (κ3) is 4.53. The van der Waals surface area contributed by atoms with Gasteiger partial charge in [0.2, 0.25) is 0 Å². The Balaban J connectivity index is 1.63. The molecular weight excluding hydrogens is 452 g/mol. The molecule has 0 radical (unpaired) electrons. The van der Waals surface area contributed by atoms with Gasteiger partial charge in [0.05, 0.1) is 16.7 Å². The molecule has 2 aliphatic heterocycles. The molecule has 2 fully saturated rings. The lowest BCUT2D eigenvalue weighted by Crippen LogP contribution is -2.53. The number of hydrogen-bond donors (Lipinski definition) is 1. The second-order valence-electron chi connectivity index (χ2n) is 8.50. The first-order valence-electron chi connectivity index (χ1n) is 10.4. The zero-order valence-electron chi connectivity index (χ0n) is 17.3. The van der Waals surface area contributed by atoms with Gasteiger partial charge in [-0.15, -0.1) is 0 Å². The van der Waals surface area contributed by atoms with E-state index in [2.05, 4.69) is 0 Å². The normalized spacial score (nSPS) is 25.2. The first-order chi connectivity index (χ1) is 15.4. The highest BCUT2D eigenvalue weighted by Gasteiger charge is 2.55. The maximum absolute atomic E-state index is 13.7. The van der Waals surface area contributed by atoms with E-state index < -0.39 is 65.7 Å². The van der Waals surface area contributed by atoms with Gasteiger partial charge in [-0.3, -0.25) is 0 Å². The van der Waals surface area contributed by atoms with Crippen LogP contribution < -0.4 is 0 Å². The van der Waals surface area contributed by atoms with Crippen LogP contribution in [-0.4, -0.2) is 28.2 Å². The van der Waals surface area contributed by atoms with Crippen LogP contribution in [-0.2, 0) is 29.3 Å². The Kier molecular flexibility index (Phi) is 5.84. The summed E-state index contributed by atoms with van der Waals surface area (Å²) in [6.07, 6.45) is -11.1. The zero-order chi connectivity index (χ0) is 24.0. The molecule has 2 unspecified atom stereocenters. The molecule has 0 saturated carbocycles. The molecule has 2 aliphatic rings. The Bertz CT molecular complexity index is 975. The van der Waals surface area contributed by atoms with Crippen LogP contribution in [0.2, 0.25) is 0 Å². The summed E-state index contributed by atoms with van der Waals surface area (Å²) in [4.78, 5) is 14.0. The van der Waals surface area contributed by atoms with Crippen molar-refractivity contribution in [1.29, 1.82) is 0 Å². The lowest BCUT2D eigenvalue weighted by Gasteiger charge is -2.44. The summed E-state index contributed by atoms with van der Waals surface area (Å²) in [6.45, 7) is -0.0188. The molecule has 2 aromatic carbocycles. The predicted octanol–water partition coefficient (Wildman–Crippen LogP) is 5.88. The third-order valence-electron chi connectivity index (χ3n) is 6.32. The number of alkyl halides is 6. The van der Waals surface area contributed by atoms with Crippen LogP contribution in [0.3, 0.4) is 0 Å². The fourth-order valence-electron chi connectivity index (χ4n) is 5.05. The van der Waals surface area contributed by atoms with Gasteiger partial charge < -0.3 is 14.7 Å². The number of halogens is 6. The first kappa shape index (κ1) is 23.4. The van der Waals surface area contributed by atoms with Crippen LogP contribution in [0.1, 0.15) is 47.9 Å². The molecule has 2 aromatic rings. The van der Waals surface area contributed by atoms with Crippen molar-refractivity contribution < 1.29 is 41.0 Å². The number of fused-ring (bicyclic) bond motifs is 2. The minimum absolute atomic E-state index is 0.0188. The lowest BCUT2D eigenvalue weighted by molar-refractivity contribution is -0.152. The van der Waals surface area contributed by atoms with E-state index in [0.717, 1.165) is 5.56 Å². The number of amides is 1. The van der Waals surface area contributed by atoms with E-state index >= 15 is 0 Å². The van der Waals surface area contributed by atoms with E-state index in [1.54, 1.807) is 30.3 Å². The average molecular weight is 473 g/mol. The number of aliphatic hydroxyl groups is 1. The van der Waals surface area contributed by atoms with Crippen molar-refractivity contribution >= 4 is 6.09 Å². The largest absolute Gasteiger partial charge is 0.445 e. The molecule has 1 amide bonds. The van der Waals surface area contributed by atoms with Gasteiger partial charge in [-0.25, -0.2) is 4.79 Å². The zero-order valence-corrected chi connectivity index (χ0v) is 17.3. The topological polar surface area (TPSA) is 49.8 Å². The Morgan fingerprint density at radius 2 is 1.42 bits per heavy atom. The Morgan fingerprint density at radius 1 is 0.909 bits per heavy atom. The maximum atomic E-state index is 13.7.